The van der Waals surface area contributed by atoms with Crippen LogP contribution in [0.25, 0.3) is 0 Å². The zero-order chi connectivity index (χ0) is 16.9. The molecule has 1 N–H and O–H groups in total. The predicted octanol–water partition coefficient (Wildman–Crippen LogP) is 2.72. The molecule has 0 bridgehead atoms. The molecule has 2 atom stereocenters. The van der Waals surface area contributed by atoms with Crippen molar-refractivity contribution in [2.24, 2.45) is 11.8 Å². The Morgan fingerprint density at radius 3 is 2.46 bits per heavy atom. The minimum Gasteiger partial charge on any atom is -0.378 e. The summed E-state index contributed by atoms with van der Waals surface area (Å²) in [6, 6.07) is 7.12. The SMILES string of the molecule is O=C(Nc1ccccc1Cl)[C@@H]1CC=CC[C@H]1C(=O)N1CCOCC1. The Balaban J connectivity index is 1.72. The molecule has 24 heavy (non-hydrogen) atoms. The van der Waals surface area contributed by atoms with Crippen LogP contribution in [0.3, 0.4) is 0 Å². The summed E-state index contributed by atoms with van der Waals surface area (Å²) in [6.07, 6.45) is 5.12. The number of hydrogen-bond donors (Lipinski definition) is 1. The maximum atomic E-state index is 12.8. The first-order chi connectivity index (χ1) is 11.7. The Bertz CT molecular complexity index is 641. The number of nitrogens with one attached hydrogen (secondary N) is 1. The molecule has 1 heterocycles. The highest BCUT2D eigenvalue weighted by atomic mass is 35.5. The maximum absolute atomic E-state index is 12.8. The third-order valence-corrected chi connectivity index (χ3v) is 4.87. The Morgan fingerprint density at radius 1 is 1.08 bits per heavy atom. The molecule has 1 fully saturated rings. The van der Waals surface area contributed by atoms with Crippen LogP contribution in [0, 0.1) is 11.8 Å². The summed E-state index contributed by atoms with van der Waals surface area (Å²) in [7, 11) is 0. The number of rotatable bonds is 3. The summed E-state index contributed by atoms with van der Waals surface area (Å²) in [6.45, 7) is 2.31. The molecule has 3 rings (SSSR count). The van der Waals surface area contributed by atoms with E-state index in [0.717, 1.165) is 0 Å². The van der Waals surface area contributed by atoms with Gasteiger partial charge in [0.1, 0.15) is 0 Å². The van der Waals surface area contributed by atoms with Crippen LogP contribution in [-0.2, 0) is 14.3 Å². The lowest BCUT2D eigenvalue weighted by atomic mass is 9.81. The average molecular weight is 349 g/mol. The Morgan fingerprint density at radius 2 is 1.75 bits per heavy atom. The van der Waals surface area contributed by atoms with E-state index in [4.69, 9.17) is 16.3 Å². The van der Waals surface area contributed by atoms with Gasteiger partial charge in [0.25, 0.3) is 0 Å². The predicted molar refractivity (Wildman–Crippen MR) is 92.8 cm³/mol. The van der Waals surface area contributed by atoms with Gasteiger partial charge in [0.2, 0.25) is 11.8 Å². The maximum Gasteiger partial charge on any atom is 0.228 e. The van der Waals surface area contributed by atoms with Crippen LogP contribution < -0.4 is 5.32 Å². The summed E-state index contributed by atoms with van der Waals surface area (Å²) in [5.41, 5.74) is 0.580. The number of benzene rings is 1. The number of anilines is 1. The number of nitrogens with zero attached hydrogens (tertiary/aromatic N) is 1. The molecular formula is C18H21ClN2O3. The van der Waals surface area contributed by atoms with Gasteiger partial charge in [-0.1, -0.05) is 35.9 Å². The summed E-state index contributed by atoms with van der Waals surface area (Å²) in [5, 5.41) is 3.36. The van der Waals surface area contributed by atoms with Gasteiger partial charge in [0.05, 0.1) is 35.8 Å². The van der Waals surface area contributed by atoms with Crippen molar-refractivity contribution >= 4 is 29.1 Å². The zero-order valence-corrected chi connectivity index (χ0v) is 14.2. The molecular weight excluding hydrogens is 328 g/mol. The number of halogens is 1. The number of carbonyl (C=O) groups is 2. The molecule has 5 nitrogen and oxygen atoms in total. The Labute approximate surface area is 146 Å². The summed E-state index contributed by atoms with van der Waals surface area (Å²) >= 11 is 6.11. The van der Waals surface area contributed by atoms with Gasteiger partial charge in [-0.05, 0) is 25.0 Å². The van der Waals surface area contributed by atoms with Crippen LogP contribution in [0.15, 0.2) is 36.4 Å². The van der Waals surface area contributed by atoms with Crippen molar-refractivity contribution < 1.29 is 14.3 Å². The summed E-state index contributed by atoms with van der Waals surface area (Å²) in [4.78, 5) is 27.3. The number of allylic oxidation sites excluding steroid dienone is 2. The van der Waals surface area contributed by atoms with Crippen LogP contribution in [-0.4, -0.2) is 43.0 Å². The van der Waals surface area contributed by atoms with E-state index in [1.165, 1.54) is 0 Å². The molecule has 0 saturated carbocycles. The van der Waals surface area contributed by atoms with Gasteiger partial charge in [-0.3, -0.25) is 9.59 Å². The van der Waals surface area contributed by atoms with E-state index in [1.807, 2.05) is 29.2 Å². The van der Waals surface area contributed by atoms with Crippen molar-refractivity contribution in [3.05, 3.63) is 41.4 Å². The number of ether oxygens (including phenoxy) is 1. The van der Waals surface area contributed by atoms with Gasteiger partial charge in [-0.15, -0.1) is 0 Å². The van der Waals surface area contributed by atoms with Crippen molar-refractivity contribution in [1.29, 1.82) is 0 Å². The fourth-order valence-electron chi connectivity index (χ4n) is 3.18. The zero-order valence-electron chi connectivity index (χ0n) is 13.4. The largest absolute Gasteiger partial charge is 0.378 e. The monoisotopic (exact) mass is 348 g/mol. The van der Waals surface area contributed by atoms with Gasteiger partial charge in [-0.25, -0.2) is 0 Å². The van der Waals surface area contributed by atoms with Gasteiger partial charge in [0.15, 0.2) is 0 Å². The van der Waals surface area contributed by atoms with E-state index < -0.39 is 0 Å². The second-order valence-corrected chi connectivity index (χ2v) is 6.47. The van der Waals surface area contributed by atoms with Crippen LogP contribution >= 0.6 is 11.6 Å². The standard InChI is InChI=1S/C18H21ClN2O3/c19-15-7-3-4-8-16(15)20-17(22)13-5-1-2-6-14(13)18(23)21-9-11-24-12-10-21/h1-4,7-8,13-14H,5-6,9-12H2,(H,20,22)/t13-,14-/m1/s1. The number of amides is 2. The lowest BCUT2D eigenvalue weighted by molar-refractivity contribution is -0.144. The highest BCUT2D eigenvalue weighted by Gasteiger charge is 2.36. The van der Waals surface area contributed by atoms with Gasteiger partial charge >= 0.3 is 0 Å². The molecule has 1 aromatic rings. The van der Waals surface area contributed by atoms with E-state index in [9.17, 15) is 9.59 Å². The third-order valence-electron chi connectivity index (χ3n) is 4.54. The molecule has 0 spiro atoms. The van der Waals surface area contributed by atoms with Gasteiger partial charge in [-0.2, -0.15) is 0 Å². The molecule has 1 aliphatic heterocycles. The van der Waals surface area contributed by atoms with E-state index in [0.29, 0.717) is 49.9 Å². The van der Waals surface area contributed by atoms with E-state index in [-0.39, 0.29) is 23.7 Å². The van der Waals surface area contributed by atoms with Crippen LogP contribution in [0.4, 0.5) is 5.69 Å². The Hall–Kier alpha value is -1.85. The van der Waals surface area contributed by atoms with E-state index >= 15 is 0 Å². The molecule has 0 aromatic heterocycles. The molecule has 128 valence electrons. The molecule has 2 amide bonds. The van der Waals surface area contributed by atoms with Crippen molar-refractivity contribution in [3.8, 4) is 0 Å². The molecule has 0 radical (unpaired) electrons. The second kappa shape index (κ2) is 7.81. The highest BCUT2D eigenvalue weighted by molar-refractivity contribution is 6.33. The molecule has 0 unspecified atom stereocenters. The lowest BCUT2D eigenvalue weighted by Gasteiger charge is -2.34. The molecule has 6 heteroatoms. The number of carbonyl (C=O) groups excluding carboxylic acids is 2. The van der Waals surface area contributed by atoms with Crippen molar-refractivity contribution in [2.75, 3.05) is 31.6 Å². The number of hydrogen-bond acceptors (Lipinski definition) is 3. The number of para-hydroxylation sites is 1. The first-order valence-electron chi connectivity index (χ1n) is 8.24. The van der Waals surface area contributed by atoms with E-state index in [1.54, 1.807) is 12.1 Å². The fourth-order valence-corrected chi connectivity index (χ4v) is 3.37. The van der Waals surface area contributed by atoms with E-state index in [2.05, 4.69) is 5.32 Å². The quantitative estimate of drug-likeness (QED) is 0.854. The third kappa shape index (κ3) is 3.79. The Kier molecular flexibility index (Phi) is 5.53. The first-order valence-corrected chi connectivity index (χ1v) is 8.61. The van der Waals surface area contributed by atoms with Gasteiger partial charge in [0, 0.05) is 13.1 Å². The molecule has 1 saturated heterocycles. The van der Waals surface area contributed by atoms with Crippen molar-refractivity contribution in [3.63, 3.8) is 0 Å². The smallest absolute Gasteiger partial charge is 0.228 e. The van der Waals surface area contributed by atoms with Crippen molar-refractivity contribution in [2.45, 2.75) is 12.8 Å². The summed E-state index contributed by atoms with van der Waals surface area (Å²) < 4.78 is 5.30. The summed E-state index contributed by atoms with van der Waals surface area (Å²) in [5.74, 6) is -0.807. The normalized spacial score (nSPS) is 23.8. The molecule has 1 aliphatic carbocycles. The molecule has 2 aliphatic rings. The fraction of sp³-hybridized carbons (Fsp3) is 0.444. The lowest BCUT2D eigenvalue weighted by Crippen LogP contribution is -2.47. The topological polar surface area (TPSA) is 58.6 Å². The van der Waals surface area contributed by atoms with Crippen molar-refractivity contribution in [1.82, 2.24) is 4.90 Å². The minimum absolute atomic E-state index is 0.0435. The first kappa shape index (κ1) is 17.0. The highest BCUT2D eigenvalue weighted by Crippen LogP contribution is 2.30. The minimum atomic E-state index is -0.374. The second-order valence-electron chi connectivity index (χ2n) is 6.06. The average Bonchev–Trinajstić information content (AvgIpc) is 2.63. The number of morpholine rings is 1. The van der Waals surface area contributed by atoms with Crippen LogP contribution in [0.1, 0.15) is 12.8 Å². The van der Waals surface area contributed by atoms with Gasteiger partial charge < -0.3 is 15.0 Å². The van der Waals surface area contributed by atoms with Crippen LogP contribution in [0.5, 0.6) is 0 Å². The molecule has 1 aromatic carbocycles. The van der Waals surface area contributed by atoms with Crippen LogP contribution in [0.2, 0.25) is 5.02 Å².